The SMILES string of the molecule is COc1ccc(N2C(=O)C(=Cc3ccccc3F)SC2=S)cc1. The van der Waals surface area contributed by atoms with E-state index in [9.17, 15) is 9.18 Å². The summed E-state index contributed by atoms with van der Waals surface area (Å²) in [5.74, 6) is 0.0664. The molecule has 0 unspecified atom stereocenters. The van der Waals surface area contributed by atoms with Crippen LogP contribution in [0.25, 0.3) is 6.08 Å². The van der Waals surface area contributed by atoms with Crippen LogP contribution in [0.15, 0.2) is 53.4 Å². The minimum absolute atomic E-state index is 0.256. The van der Waals surface area contributed by atoms with Crippen LogP contribution in [0, 0.1) is 5.82 Å². The highest BCUT2D eigenvalue weighted by atomic mass is 32.2. The zero-order valence-electron chi connectivity index (χ0n) is 12.2. The van der Waals surface area contributed by atoms with Crippen molar-refractivity contribution in [2.75, 3.05) is 12.0 Å². The van der Waals surface area contributed by atoms with Gasteiger partial charge in [-0.25, -0.2) is 4.39 Å². The number of amides is 1. The lowest BCUT2D eigenvalue weighted by atomic mass is 10.2. The monoisotopic (exact) mass is 345 g/mol. The van der Waals surface area contributed by atoms with E-state index >= 15 is 0 Å². The van der Waals surface area contributed by atoms with Gasteiger partial charge in [-0.2, -0.15) is 0 Å². The highest BCUT2D eigenvalue weighted by Crippen LogP contribution is 2.36. The Morgan fingerprint density at radius 2 is 1.87 bits per heavy atom. The van der Waals surface area contributed by atoms with Gasteiger partial charge in [0, 0.05) is 5.56 Å². The summed E-state index contributed by atoms with van der Waals surface area (Å²) in [7, 11) is 1.58. The van der Waals surface area contributed by atoms with Crippen LogP contribution in [0.2, 0.25) is 0 Å². The smallest absolute Gasteiger partial charge is 0.270 e. The summed E-state index contributed by atoms with van der Waals surface area (Å²) in [6.45, 7) is 0. The van der Waals surface area contributed by atoms with Gasteiger partial charge in [-0.05, 0) is 36.4 Å². The summed E-state index contributed by atoms with van der Waals surface area (Å²) < 4.78 is 19.3. The predicted molar refractivity (Wildman–Crippen MR) is 95.0 cm³/mol. The summed E-state index contributed by atoms with van der Waals surface area (Å²) in [5, 5.41) is 0. The molecule has 0 saturated carbocycles. The lowest BCUT2D eigenvalue weighted by Crippen LogP contribution is -2.27. The average molecular weight is 345 g/mol. The van der Waals surface area contributed by atoms with Gasteiger partial charge < -0.3 is 4.74 Å². The first kappa shape index (κ1) is 15.7. The summed E-state index contributed by atoms with van der Waals surface area (Å²) in [4.78, 5) is 14.4. The van der Waals surface area contributed by atoms with Gasteiger partial charge in [-0.3, -0.25) is 9.69 Å². The fourth-order valence-electron chi connectivity index (χ4n) is 2.16. The van der Waals surface area contributed by atoms with Gasteiger partial charge in [0.2, 0.25) is 0 Å². The minimum atomic E-state index is -0.373. The van der Waals surface area contributed by atoms with Crippen molar-refractivity contribution in [3.05, 3.63) is 64.8 Å². The quantitative estimate of drug-likeness (QED) is 0.615. The second-order valence-electron chi connectivity index (χ2n) is 4.74. The van der Waals surface area contributed by atoms with Crippen molar-refractivity contribution < 1.29 is 13.9 Å². The van der Waals surface area contributed by atoms with E-state index in [1.165, 1.54) is 17.0 Å². The highest BCUT2D eigenvalue weighted by molar-refractivity contribution is 8.27. The molecule has 0 bridgehead atoms. The first-order valence-electron chi connectivity index (χ1n) is 6.76. The average Bonchev–Trinajstić information content (AvgIpc) is 2.84. The van der Waals surface area contributed by atoms with Gasteiger partial charge >= 0.3 is 0 Å². The topological polar surface area (TPSA) is 29.5 Å². The second-order valence-corrected chi connectivity index (χ2v) is 6.41. The Morgan fingerprint density at radius 1 is 1.17 bits per heavy atom. The van der Waals surface area contributed by atoms with Crippen LogP contribution < -0.4 is 9.64 Å². The Labute approximate surface area is 142 Å². The molecule has 2 aromatic rings. The number of thioether (sulfide) groups is 1. The van der Waals surface area contributed by atoms with E-state index in [4.69, 9.17) is 17.0 Å². The van der Waals surface area contributed by atoms with Crippen molar-refractivity contribution in [2.24, 2.45) is 0 Å². The molecule has 0 N–H and O–H groups in total. The highest BCUT2D eigenvalue weighted by Gasteiger charge is 2.33. The third kappa shape index (κ3) is 3.13. The molecule has 116 valence electrons. The molecule has 2 aromatic carbocycles. The molecule has 0 spiro atoms. The Kier molecular flexibility index (Phi) is 4.45. The summed E-state index contributed by atoms with van der Waals surface area (Å²) in [5.41, 5.74) is 1.02. The van der Waals surface area contributed by atoms with Crippen LogP contribution in [-0.4, -0.2) is 17.3 Å². The van der Waals surface area contributed by atoms with E-state index in [0.29, 0.717) is 26.2 Å². The Hall–Kier alpha value is -2.18. The third-order valence-electron chi connectivity index (χ3n) is 3.32. The molecule has 1 fully saturated rings. The second kappa shape index (κ2) is 6.52. The van der Waals surface area contributed by atoms with Crippen molar-refractivity contribution in [1.29, 1.82) is 0 Å². The van der Waals surface area contributed by atoms with Gasteiger partial charge in [0.15, 0.2) is 4.32 Å². The van der Waals surface area contributed by atoms with Gasteiger partial charge in [0.25, 0.3) is 5.91 Å². The van der Waals surface area contributed by atoms with Crippen LogP contribution in [0.5, 0.6) is 5.75 Å². The van der Waals surface area contributed by atoms with Crippen molar-refractivity contribution in [1.82, 2.24) is 0 Å². The van der Waals surface area contributed by atoms with Gasteiger partial charge in [0.1, 0.15) is 11.6 Å². The number of benzene rings is 2. The van der Waals surface area contributed by atoms with Gasteiger partial charge in [-0.15, -0.1) is 0 Å². The molecule has 0 atom stereocenters. The Morgan fingerprint density at radius 3 is 2.52 bits per heavy atom. The molecule has 1 heterocycles. The molecule has 1 saturated heterocycles. The van der Waals surface area contributed by atoms with E-state index in [2.05, 4.69) is 0 Å². The number of carbonyl (C=O) groups excluding carboxylic acids is 1. The molecule has 0 aromatic heterocycles. The first-order valence-corrected chi connectivity index (χ1v) is 7.99. The van der Waals surface area contributed by atoms with Crippen LogP contribution >= 0.6 is 24.0 Å². The van der Waals surface area contributed by atoms with E-state index in [0.717, 1.165) is 11.8 Å². The molecule has 0 aliphatic carbocycles. The Balaban J connectivity index is 1.92. The van der Waals surface area contributed by atoms with Crippen molar-refractivity contribution in [2.45, 2.75) is 0 Å². The summed E-state index contributed by atoms with van der Waals surface area (Å²) in [6.07, 6.45) is 1.53. The van der Waals surface area contributed by atoms with E-state index in [1.807, 2.05) is 0 Å². The lowest BCUT2D eigenvalue weighted by molar-refractivity contribution is -0.113. The number of anilines is 1. The Bertz CT molecular complexity index is 802. The molecule has 1 aliphatic heterocycles. The number of halogens is 1. The zero-order valence-corrected chi connectivity index (χ0v) is 13.8. The zero-order chi connectivity index (χ0) is 16.4. The van der Waals surface area contributed by atoms with Crippen molar-refractivity contribution in [3.8, 4) is 5.75 Å². The van der Waals surface area contributed by atoms with E-state index in [-0.39, 0.29) is 11.7 Å². The number of nitrogens with zero attached hydrogens (tertiary/aromatic N) is 1. The summed E-state index contributed by atoms with van der Waals surface area (Å²) in [6, 6.07) is 13.3. The molecule has 3 nitrogen and oxygen atoms in total. The standard InChI is InChI=1S/C17H12FNO2S2/c1-21-13-8-6-12(7-9-13)19-16(20)15(23-17(19)22)10-11-4-2-3-5-14(11)18/h2-10H,1H3. The molecule has 23 heavy (non-hydrogen) atoms. The number of rotatable bonds is 3. The normalized spacial score (nSPS) is 16.3. The molecule has 1 amide bonds. The molecule has 0 radical (unpaired) electrons. The number of thiocarbonyl (C=S) groups is 1. The molecular weight excluding hydrogens is 333 g/mol. The number of carbonyl (C=O) groups is 1. The van der Waals surface area contributed by atoms with Crippen LogP contribution in [0.3, 0.4) is 0 Å². The maximum Gasteiger partial charge on any atom is 0.270 e. The maximum atomic E-state index is 13.7. The molecule has 3 rings (SSSR count). The number of hydrogen-bond acceptors (Lipinski definition) is 4. The van der Waals surface area contributed by atoms with Crippen LogP contribution in [0.1, 0.15) is 5.56 Å². The fourth-order valence-corrected chi connectivity index (χ4v) is 3.44. The van der Waals surface area contributed by atoms with E-state index in [1.54, 1.807) is 49.6 Å². The van der Waals surface area contributed by atoms with Gasteiger partial charge in [-0.1, -0.05) is 42.2 Å². The molecule has 6 heteroatoms. The number of methoxy groups -OCH3 is 1. The number of ether oxygens (including phenoxy) is 1. The van der Waals surface area contributed by atoms with Crippen molar-refractivity contribution in [3.63, 3.8) is 0 Å². The summed E-state index contributed by atoms with van der Waals surface area (Å²) >= 11 is 6.45. The van der Waals surface area contributed by atoms with Crippen LogP contribution in [0.4, 0.5) is 10.1 Å². The lowest BCUT2D eigenvalue weighted by Gasteiger charge is -2.14. The van der Waals surface area contributed by atoms with Crippen LogP contribution in [-0.2, 0) is 4.79 Å². The maximum absolute atomic E-state index is 13.7. The van der Waals surface area contributed by atoms with Crippen molar-refractivity contribution >= 4 is 46.0 Å². The predicted octanol–water partition coefficient (Wildman–Crippen LogP) is 4.24. The number of hydrogen-bond donors (Lipinski definition) is 0. The van der Waals surface area contributed by atoms with E-state index < -0.39 is 0 Å². The molecule has 1 aliphatic rings. The molecular formula is C17H12FNO2S2. The first-order chi connectivity index (χ1) is 11.1. The minimum Gasteiger partial charge on any atom is -0.497 e. The fraction of sp³-hybridized carbons (Fsp3) is 0.0588. The largest absolute Gasteiger partial charge is 0.497 e. The third-order valence-corrected chi connectivity index (χ3v) is 4.62. The van der Waals surface area contributed by atoms with Gasteiger partial charge in [0.05, 0.1) is 17.7 Å².